The van der Waals surface area contributed by atoms with E-state index >= 15 is 0 Å². The number of carbonyl (C=O) groups excluding carboxylic acids is 1. The number of ether oxygens (including phenoxy) is 1. The lowest BCUT2D eigenvalue weighted by molar-refractivity contribution is 0.0600. The highest BCUT2D eigenvalue weighted by atomic mass is 32.2. The molecule has 0 bridgehead atoms. The molecule has 0 fully saturated rings. The topological polar surface area (TPSA) is 63.7 Å². The van der Waals surface area contributed by atoms with Gasteiger partial charge in [-0.25, -0.2) is 17.6 Å². The summed E-state index contributed by atoms with van der Waals surface area (Å²) in [4.78, 5) is 11.5. The summed E-state index contributed by atoms with van der Waals surface area (Å²) in [6.45, 7) is 1.68. The number of esters is 1. The molecule has 2 aromatic rings. The van der Waals surface area contributed by atoms with Gasteiger partial charge < -0.3 is 4.74 Å². The number of benzene rings is 2. The maximum absolute atomic E-state index is 13.2. The number of hydrogen-bond donors (Lipinski definition) is 0. The molecular formula is C17H18FNO4S. The van der Waals surface area contributed by atoms with Crippen LogP contribution in [0.25, 0.3) is 0 Å². The third kappa shape index (κ3) is 3.80. The number of methoxy groups -OCH3 is 1. The second-order valence-corrected chi connectivity index (χ2v) is 7.37. The Labute approximate surface area is 140 Å². The number of rotatable bonds is 5. The summed E-state index contributed by atoms with van der Waals surface area (Å²) in [6.07, 6.45) is 0. The van der Waals surface area contributed by atoms with Gasteiger partial charge in [0, 0.05) is 13.6 Å². The van der Waals surface area contributed by atoms with E-state index in [1.807, 2.05) is 0 Å². The molecule has 24 heavy (non-hydrogen) atoms. The molecule has 0 radical (unpaired) electrons. The molecule has 0 aliphatic rings. The van der Waals surface area contributed by atoms with Crippen LogP contribution in [0, 0.1) is 12.7 Å². The third-order valence-electron chi connectivity index (χ3n) is 3.61. The van der Waals surface area contributed by atoms with Crippen LogP contribution in [0.15, 0.2) is 47.4 Å². The van der Waals surface area contributed by atoms with E-state index in [0.717, 1.165) is 6.07 Å². The lowest BCUT2D eigenvalue weighted by Gasteiger charge is -2.18. The first-order valence-corrected chi connectivity index (χ1v) is 8.59. The first kappa shape index (κ1) is 18.1. The summed E-state index contributed by atoms with van der Waals surface area (Å²) in [7, 11) is -0.997. The second kappa shape index (κ2) is 7.11. The smallest absolute Gasteiger partial charge is 0.337 e. The minimum atomic E-state index is -3.74. The van der Waals surface area contributed by atoms with Gasteiger partial charge in [0.1, 0.15) is 5.82 Å². The summed E-state index contributed by atoms with van der Waals surface area (Å²) >= 11 is 0. The van der Waals surface area contributed by atoms with Crippen molar-refractivity contribution >= 4 is 16.0 Å². The molecule has 0 aliphatic carbocycles. The molecule has 0 aliphatic heterocycles. The van der Waals surface area contributed by atoms with Crippen LogP contribution in [0.1, 0.15) is 21.5 Å². The van der Waals surface area contributed by atoms with Crippen molar-refractivity contribution < 1.29 is 22.3 Å². The fourth-order valence-corrected chi connectivity index (χ4v) is 3.64. The van der Waals surface area contributed by atoms with Gasteiger partial charge in [0.05, 0.1) is 17.6 Å². The van der Waals surface area contributed by atoms with Crippen molar-refractivity contribution in [1.29, 1.82) is 0 Å². The van der Waals surface area contributed by atoms with Crippen LogP contribution in [0.2, 0.25) is 0 Å². The number of nitrogens with zero attached hydrogens (tertiary/aromatic N) is 1. The molecule has 0 saturated heterocycles. The minimum Gasteiger partial charge on any atom is -0.465 e. The summed E-state index contributed by atoms with van der Waals surface area (Å²) in [6, 6.07) is 10.0. The molecule has 0 atom stereocenters. The van der Waals surface area contributed by atoms with Crippen LogP contribution < -0.4 is 0 Å². The highest BCUT2D eigenvalue weighted by Crippen LogP contribution is 2.21. The molecular weight excluding hydrogens is 333 g/mol. The van der Waals surface area contributed by atoms with Crippen molar-refractivity contribution in [3.8, 4) is 0 Å². The van der Waals surface area contributed by atoms with Crippen LogP contribution >= 0.6 is 0 Å². The van der Waals surface area contributed by atoms with Crippen molar-refractivity contribution in [1.82, 2.24) is 4.31 Å². The average Bonchev–Trinajstić information content (AvgIpc) is 2.54. The fraction of sp³-hybridized carbons (Fsp3) is 0.235. The van der Waals surface area contributed by atoms with Gasteiger partial charge in [-0.3, -0.25) is 0 Å². The van der Waals surface area contributed by atoms with Crippen molar-refractivity contribution in [2.75, 3.05) is 14.2 Å². The maximum Gasteiger partial charge on any atom is 0.337 e. The summed E-state index contributed by atoms with van der Waals surface area (Å²) < 4.78 is 44.2. The Morgan fingerprint density at radius 3 is 2.33 bits per heavy atom. The Balaban J connectivity index is 2.22. The monoisotopic (exact) mass is 351 g/mol. The Hall–Kier alpha value is -2.25. The highest BCUT2D eigenvalue weighted by molar-refractivity contribution is 7.89. The molecule has 7 heteroatoms. The number of carbonyl (C=O) groups is 1. The molecule has 0 heterocycles. The van der Waals surface area contributed by atoms with E-state index in [2.05, 4.69) is 4.74 Å². The van der Waals surface area contributed by atoms with Crippen molar-refractivity contribution in [2.45, 2.75) is 18.4 Å². The Morgan fingerprint density at radius 2 is 1.79 bits per heavy atom. The lowest BCUT2D eigenvalue weighted by atomic mass is 10.1. The van der Waals surface area contributed by atoms with Crippen LogP contribution in [-0.2, 0) is 21.3 Å². The molecule has 2 rings (SSSR count). The van der Waals surface area contributed by atoms with Crippen molar-refractivity contribution in [3.05, 3.63) is 65.0 Å². The maximum atomic E-state index is 13.2. The SMILES string of the molecule is COC(=O)c1ccc(CN(C)S(=O)(=O)c2ccc(F)cc2C)cc1. The summed E-state index contributed by atoms with van der Waals surface area (Å²) in [5.41, 5.74) is 1.46. The molecule has 0 N–H and O–H groups in total. The normalized spacial score (nSPS) is 11.5. The van der Waals surface area contributed by atoms with Crippen molar-refractivity contribution in [2.24, 2.45) is 0 Å². The molecule has 0 aromatic heterocycles. The summed E-state index contributed by atoms with van der Waals surface area (Å²) in [5, 5.41) is 0. The van der Waals surface area contributed by atoms with Gasteiger partial charge in [0.15, 0.2) is 0 Å². The number of aryl methyl sites for hydroxylation is 1. The largest absolute Gasteiger partial charge is 0.465 e. The second-order valence-electron chi connectivity index (χ2n) is 5.36. The highest BCUT2D eigenvalue weighted by Gasteiger charge is 2.23. The van der Waals surface area contributed by atoms with Crippen LogP contribution in [0.4, 0.5) is 4.39 Å². The standard InChI is InChI=1S/C17H18FNO4S/c1-12-10-15(18)8-9-16(12)24(21,22)19(2)11-13-4-6-14(7-5-13)17(20)23-3/h4-10H,11H2,1-3H3. The predicted molar refractivity (Wildman–Crippen MR) is 87.6 cm³/mol. The van der Waals surface area contributed by atoms with Gasteiger partial charge >= 0.3 is 5.97 Å². The third-order valence-corrected chi connectivity index (χ3v) is 5.57. The molecule has 0 unspecified atom stereocenters. The number of sulfonamides is 1. The Morgan fingerprint density at radius 1 is 1.17 bits per heavy atom. The number of halogens is 1. The molecule has 0 spiro atoms. The average molecular weight is 351 g/mol. The quantitative estimate of drug-likeness (QED) is 0.777. The lowest BCUT2D eigenvalue weighted by Crippen LogP contribution is -2.27. The Bertz CT molecular complexity index is 847. The molecule has 2 aromatic carbocycles. The van der Waals surface area contributed by atoms with Crippen molar-refractivity contribution in [3.63, 3.8) is 0 Å². The molecule has 0 saturated carbocycles. The predicted octanol–water partition coefficient (Wildman–Crippen LogP) is 2.74. The fourth-order valence-electron chi connectivity index (χ4n) is 2.28. The minimum absolute atomic E-state index is 0.0672. The zero-order chi connectivity index (χ0) is 17.9. The van der Waals surface area contributed by atoms with E-state index in [1.165, 1.54) is 30.6 Å². The van der Waals surface area contributed by atoms with E-state index in [4.69, 9.17) is 0 Å². The summed E-state index contributed by atoms with van der Waals surface area (Å²) in [5.74, 6) is -0.933. The molecule has 128 valence electrons. The number of hydrogen-bond acceptors (Lipinski definition) is 4. The van der Waals surface area contributed by atoms with E-state index < -0.39 is 21.8 Å². The van der Waals surface area contributed by atoms with Gasteiger partial charge in [0.25, 0.3) is 0 Å². The van der Waals surface area contributed by atoms with Gasteiger partial charge in [0.2, 0.25) is 10.0 Å². The van der Waals surface area contributed by atoms with Gasteiger partial charge in [-0.15, -0.1) is 0 Å². The van der Waals surface area contributed by atoms with E-state index in [0.29, 0.717) is 16.7 Å². The zero-order valence-electron chi connectivity index (χ0n) is 13.6. The molecule has 0 amide bonds. The van der Waals surface area contributed by atoms with Gasteiger partial charge in [-0.05, 0) is 48.4 Å². The van der Waals surface area contributed by atoms with Crippen LogP contribution in [0.3, 0.4) is 0 Å². The van der Waals surface area contributed by atoms with Crippen LogP contribution in [-0.4, -0.2) is 32.8 Å². The van der Waals surface area contributed by atoms with Crippen LogP contribution in [0.5, 0.6) is 0 Å². The van der Waals surface area contributed by atoms with E-state index in [9.17, 15) is 17.6 Å². The van der Waals surface area contributed by atoms with Gasteiger partial charge in [-0.2, -0.15) is 4.31 Å². The van der Waals surface area contributed by atoms with Gasteiger partial charge in [-0.1, -0.05) is 12.1 Å². The molecule has 5 nitrogen and oxygen atoms in total. The first-order valence-electron chi connectivity index (χ1n) is 7.15. The van der Waals surface area contributed by atoms with E-state index in [1.54, 1.807) is 31.2 Å². The van der Waals surface area contributed by atoms with E-state index in [-0.39, 0.29) is 11.4 Å². The first-order chi connectivity index (χ1) is 11.3. The Kier molecular flexibility index (Phi) is 5.36. The zero-order valence-corrected chi connectivity index (χ0v) is 14.4.